The fourth-order valence-corrected chi connectivity index (χ4v) is 5.03. The lowest BCUT2D eigenvalue weighted by Crippen LogP contribution is -2.55. The first-order chi connectivity index (χ1) is 13.5. The number of para-hydroxylation sites is 1. The van der Waals surface area contributed by atoms with E-state index in [0.717, 1.165) is 74.9 Å². The van der Waals surface area contributed by atoms with Gasteiger partial charge in [-0.1, -0.05) is 31.5 Å². The molecule has 0 N–H and O–H groups in total. The van der Waals surface area contributed by atoms with Crippen LogP contribution in [0, 0.1) is 5.41 Å². The Bertz CT molecular complexity index is 887. The molecule has 0 radical (unpaired) electrons. The van der Waals surface area contributed by atoms with Crippen LogP contribution in [0.15, 0.2) is 30.3 Å². The lowest BCUT2D eigenvalue weighted by molar-refractivity contribution is -0.139. The average molecular weight is 382 g/mol. The highest BCUT2D eigenvalue weighted by Crippen LogP contribution is 2.39. The molecule has 5 heteroatoms. The molecule has 2 aliphatic heterocycles. The van der Waals surface area contributed by atoms with Crippen LogP contribution in [-0.2, 0) is 11.8 Å². The molecule has 1 aromatic carbocycles. The molecule has 1 atom stereocenters. The molecular weight excluding hydrogens is 350 g/mol. The zero-order valence-electron chi connectivity index (χ0n) is 17.1. The first-order valence-electron chi connectivity index (χ1n) is 10.6. The maximum atomic E-state index is 13.4. The topological polar surface area (TPSA) is 45.5 Å². The summed E-state index contributed by atoms with van der Waals surface area (Å²) < 4.78 is 2.01. The smallest absolute Gasteiger partial charge is 0.270 e. The number of amides is 2. The molecule has 2 amide bonds. The average Bonchev–Trinajstić information content (AvgIpc) is 3.05. The van der Waals surface area contributed by atoms with E-state index in [2.05, 4.69) is 24.0 Å². The molecule has 3 heterocycles. The fraction of sp³-hybridized carbons (Fsp3) is 0.565. The van der Waals surface area contributed by atoms with Crippen molar-refractivity contribution >= 4 is 22.7 Å². The number of likely N-dealkylation sites (tertiary alicyclic amines) is 2. The minimum atomic E-state index is 0.0696. The molecule has 2 fully saturated rings. The number of fused-ring (bicyclic) bond motifs is 1. The van der Waals surface area contributed by atoms with E-state index in [1.165, 1.54) is 0 Å². The SMILES string of the molecule is CCCCN1C[C@]2(CCCN(C(=O)c3cc4ccccc4n3C)C2)CCC1=O. The van der Waals surface area contributed by atoms with E-state index < -0.39 is 0 Å². The summed E-state index contributed by atoms with van der Waals surface area (Å²) in [6, 6.07) is 10.1. The number of aromatic nitrogens is 1. The quantitative estimate of drug-likeness (QED) is 0.808. The van der Waals surface area contributed by atoms with Gasteiger partial charge in [0.1, 0.15) is 5.69 Å². The second kappa shape index (κ2) is 7.61. The predicted molar refractivity (Wildman–Crippen MR) is 111 cm³/mol. The third-order valence-electron chi connectivity index (χ3n) is 6.65. The van der Waals surface area contributed by atoms with Gasteiger partial charge in [-0.15, -0.1) is 0 Å². The van der Waals surface area contributed by atoms with Gasteiger partial charge in [0, 0.05) is 56.0 Å². The van der Waals surface area contributed by atoms with Crippen LogP contribution in [0.3, 0.4) is 0 Å². The van der Waals surface area contributed by atoms with Gasteiger partial charge in [-0.3, -0.25) is 9.59 Å². The molecule has 28 heavy (non-hydrogen) atoms. The Labute approximate surface area is 167 Å². The van der Waals surface area contributed by atoms with Crippen LogP contribution < -0.4 is 0 Å². The minimum absolute atomic E-state index is 0.0696. The zero-order chi connectivity index (χ0) is 19.7. The number of carbonyl (C=O) groups is 2. The zero-order valence-corrected chi connectivity index (χ0v) is 17.1. The Morgan fingerprint density at radius 1 is 1.18 bits per heavy atom. The molecule has 0 bridgehead atoms. The fourth-order valence-electron chi connectivity index (χ4n) is 5.03. The van der Waals surface area contributed by atoms with Crippen molar-refractivity contribution in [1.29, 1.82) is 0 Å². The molecule has 1 spiro atoms. The molecule has 5 nitrogen and oxygen atoms in total. The summed E-state index contributed by atoms with van der Waals surface area (Å²) in [4.78, 5) is 29.8. The van der Waals surface area contributed by atoms with Crippen LogP contribution in [0.1, 0.15) is 55.9 Å². The third kappa shape index (κ3) is 3.43. The summed E-state index contributed by atoms with van der Waals surface area (Å²) in [6.45, 7) is 5.41. The van der Waals surface area contributed by atoms with Crippen molar-refractivity contribution in [2.45, 2.75) is 45.4 Å². The largest absolute Gasteiger partial charge is 0.342 e. The van der Waals surface area contributed by atoms with Crippen molar-refractivity contribution in [2.75, 3.05) is 26.2 Å². The van der Waals surface area contributed by atoms with E-state index in [9.17, 15) is 9.59 Å². The molecule has 1 aromatic heterocycles. The Balaban J connectivity index is 1.53. The molecule has 2 aliphatic rings. The van der Waals surface area contributed by atoms with Crippen LogP contribution in [-0.4, -0.2) is 52.4 Å². The van der Waals surface area contributed by atoms with Crippen molar-refractivity contribution in [1.82, 2.24) is 14.4 Å². The Morgan fingerprint density at radius 2 is 2.00 bits per heavy atom. The standard InChI is InChI=1S/C23H31N3O2/c1-3-4-13-25-16-23(12-10-21(25)27)11-7-14-26(17-23)22(28)20-15-18-8-5-6-9-19(18)24(20)2/h5-6,8-9,15H,3-4,7,10-14,16-17H2,1-2H3/t23-/m0/s1. The molecule has 4 rings (SSSR count). The third-order valence-corrected chi connectivity index (χ3v) is 6.65. The number of hydrogen-bond acceptors (Lipinski definition) is 2. The molecule has 2 aromatic rings. The number of hydrogen-bond donors (Lipinski definition) is 0. The van der Waals surface area contributed by atoms with E-state index in [1.54, 1.807) is 0 Å². The highest BCUT2D eigenvalue weighted by atomic mass is 16.2. The van der Waals surface area contributed by atoms with E-state index in [1.807, 2.05) is 34.7 Å². The van der Waals surface area contributed by atoms with E-state index in [-0.39, 0.29) is 17.2 Å². The van der Waals surface area contributed by atoms with E-state index in [0.29, 0.717) is 6.42 Å². The van der Waals surface area contributed by atoms with Crippen molar-refractivity contribution in [3.63, 3.8) is 0 Å². The maximum absolute atomic E-state index is 13.4. The van der Waals surface area contributed by atoms with Crippen LogP contribution in [0.4, 0.5) is 0 Å². The second-order valence-electron chi connectivity index (χ2n) is 8.65. The highest BCUT2D eigenvalue weighted by Gasteiger charge is 2.42. The van der Waals surface area contributed by atoms with Gasteiger partial charge in [0.2, 0.25) is 5.91 Å². The summed E-state index contributed by atoms with van der Waals surface area (Å²) in [7, 11) is 1.97. The predicted octanol–water partition coefficient (Wildman–Crippen LogP) is 3.82. The number of aryl methyl sites for hydroxylation is 1. The summed E-state index contributed by atoms with van der Waals surface area (Å²) in [5.41, 5.74) is 1.92. The van der Waals surface area contributed by atoms with Crippen molar-refractivity contribution < 1.29 is 9.59 Å². The lowest BCUT2D eigenvalue weighted by atomic mass is 9.73. The number of piperidine rings is 2. The number of benzene rings is 1. The lowest BCUT2D eigenvalue weighted by Gasteiger charge is -2.48. The maximum Gasteiger partial charge on any atom is 0.270 e. The van der Waals surface area contributed by atoms with Crippen LogP contribution in [0.5, 0.6) is 0 Å². The van der Waals surface area contributed by atoms with Crippen molar-refractivity contribution in [3.8, 4) is 0 Å². The Morgan fingerprint density at radius 3 is 2.79 bits per heavy atom. The highest BCUT2D eigenvalue weighted by molar-refractivity contribution is 5.98. The van der Waals surface area contributed by atoms with Gasteiger partial charge in [-0.05, 0) is 37.8 Å². The van der Waals surface area contributed by atoms with Gasteiger partial charge in [0.05, 0.1) is 0 Å². The number of unbranched alkanes of at least 4 members (excludes halogenated alkanes) is 1. The number of carbonyl (C=O) groups excluding carboxylic acids is 2. The monoisotopic (exact) mass is 381 g/mol. The Hall–Kier alpha value is -2.30. The molecule has 0 aliphatic carbocycles. The van der Waals surface area contributed by atoms with Gasteiger partial charge in [0.15, 0.2) is 0 Å². The Kier molecular flexibility index (Phi) is 5.17. The van der Waals surface area contributed by atoms with Gasteiger partial charge >= 0.3 is 0 Å². The summed E-state index contributed by atoms with van der Waals surface area (Å²) in [6.07, 6.45) is 5.82. The summed E-state index contributed by atoms with van der Waals surface area (Å²) in [5.74, 6) is 0.408. The van der Waals surface area contributed by atoms with Crippen molar-refractivity contribution in [3.05, 3.63) is 36.0 Å². The second-order valence-corrected chi connectivity index (χ2v) is 8.65. The summed E-state index contributed by atoms with van der Waals surface area (Å²) in [5, 5.41) is 1.11. The van der Waals surface area contributed by atoms with Gasteiger partial charge in [-0.25, -0.2) is 0 Å². The molecule has 2 saturated heterocycles. The van der Waals surface area contributed by atoms with Crippen LogP contribution >= 0.6 is 0 Å². The summed E-state index contributed by atoms with van der Waals surface area (Å²) >= 11 is 0. The molecule has 0 unspecified atom stereocenters. The molecule has 150 valence electrons. The first-order valence-corrected chi connectivity index (χ1v) is 10.6. The van der Waals surface area contributed by atoms with Crippen LogP contribution in [0.2, 0.25) is 0 Å². The molecular formula is C23H31N3O2. The minimum Gasteiger partial charge on any atom is -0.342 e. The number of nitrogens with zero attached hydrogens (tertiary/aromatic N) is 3. The van der Waals surface area contributed by atoms with Gasteiger partial charge in [-0.2, -0.15) is 0 Å². The van der Waals surface area contributed by atoms with E-state index >= 15 is 0 Å². The van der Waals surface area contributed by atoms with Gasteiger partial charge < -0.3 is 14.4 Å². The van der Waals surface area contributed by atoms with Crippen LogP contribution in [0.25, 0.3) is 10.9 Å². The molecule has 0 saturated carbocycles. The normalized spacial score (nSPS) is 23.0. The first kappa shape index (κ1) is 19.0. The number of rotatable bonds is 4. The van der Waals surface area contributed by atoms with Gasteiger partial charge in [0.25, 0.3) is 5.91 Å². The van der Waals surface area contributed by atoms with E-state index in [4.69, 9.17) is 0 Å². The van der Waals surface area contributed by atoms with Crippen molar-refractivity contribution in [2.24, 2.45) is 12.5 Å².